The number of nitrogens with zero attached hydrogens (tertiary/aromatic N) is 1. The number of carbonyl (C=O) groups excluding carboxylic acids is 1. The first-order valence-electron chi connectivity index (χ1n) is 6.95. The van der Waals surface area contributed by atoms with Gasteiger partial charge in [0, 0.05) is 18.0 Å². The molecule has 1 aromatic heterocycles. The molecular weight excluding hydrogens is 250 g/mol. The summed E-state index contributed by atoms with van der Waals surface area (Å²) in [5.41, 5.74) is 1.31. The number of nitrogens with one attached hydrogen (secondary N) is 2. The lowest BCUT2D eigenvalue weighted by molar-refractivity contribution is 0.0932. The van der Waals surface area contributed by atoms with Crippen LogP contribution in [-0.4, -0.2) is 30.0 Å². The Morgan fingerprint density at radius 1 is 1.25 bits per heavy atom. The fraction of sp³-hybridized carbons (Fsp3) is 0.312. The molecule has 0 bridgehead atoms. The third kappa shape index (κ3) is 2.80. The Morgan fingerprint density at radius 3 is 2.95 bits per heavy atom. The molecule has 0 saturated carbocycles. The minimum atomic E-state index is -0.118. The highest BCUT2D eigenvalue weighted by Crippen LogP contribution is 2.13. The van der Waals surface area contributed by atoms with Crippen molar-refractivity contribution in [1.82, 2.24) is 15.6 Å². The monoisotopic (exact) mass is 268 g/mol. The highest BCUT2D eigenvalue weighted by atomic mass is 16.1. The van der Waals surface area contributed by atoms with E-state index in [1.54, 1.807) is 6.07 Å². The maximum absolute atomic E-state index is 12.2. The number of hydrogen-bond donors (Lipinski definition) is 2. The second kappa shape index (κ2) is 5.59. The van der Waals surface area contributed by atoms with Crippen molar-refractivity contribution < 1.29 is 4.79 Å². The standard InChI is InChI=1S/C16H18N3O/c1-11-8-13(10-17-9-11)18-16(20)15-7-6-12-4-2-3-5-14(12)19-15/h2-8,11,13,17H,9-10H2,1H3,(H,18,20). The van der Waals surface area contributed by atoms with Crippen LogP contribution < -0.4 is 10.6 Å². The van der Waals surface area contributed by atoms with Crippen molar-refractivity contribution >= 4 is 16.8 Å². The second-order valence-corrected chi connectivity index (χ2v) is 5.30. The maximum Gasteiger partial charge on any atom is 0.270 e. The molecule has 2 unspecified atom stereocenters. The van der Waals surface area contributed by atoms with Crippen LogP contribution in [-0.2, 0) is 0 Å². The van der Waals surface area contributed by atoms with Gasteiger partial charge in [-0.1, -0.05) is 31.2 Å². The van der Waals surface area contributed by atoms with E-state index in [1.165, 1.54) is 0 Å². The minimum absolute atomic E-state index is 0.0690. The number of benzene rings is 1. The Labute approximate surface area is 118 Å². The summed E-state index contributed by atoms with van der Waals surface area (Å²) in [5.74, 6) is 0.353. The van der Waals surface area contributed by atoms with Gasteiger partial charge >= 0.3 is 0 Å². The van der Waals surface area contributed by atoms with Crippen LogP contribution in [0.5, 0.6) is 0 Å². The van der Waals surface area contributed by atoms with E-state index in [0.29, 0.717) is 11.6 Å². The fourth-order valence-corrected chi connectivity index (χ4v) is 2.53. The summed E-state index contributed by atoms with van der Waals surface area (Å²) in [7, 11) is 0. The number of aromatic nitrogens is 1. The molecule has 1 radical (unpaired) electrons. The number of amides is 1. The highest BCUT2D eigenvalue weighted by molar-refractivity contribution is 5.95. The van der Waals surface area contributed by atoms with E-state index in [9.17, 15) is 4.79 Å². The van der Waals surface area contributed by atoms with Crippen LogP contribution in [0, 0.1) is 12.3 Å². The van der Waals surface area contributed by atoms with Gasteiger partial charge in [-0.3, -0.25) is 4.79 Å². The van der Waals surface area contributed by atoms with Crippen molar-refractivity contribution in [2.75, 3.05) is 13.1 Å². The number of hydrogen-bond acceptors (Lipinski definition) is 3. The quantitative estimate of drug-likeness (QED) is 0.873. The molecular formula is C16H18N3O. The Hall–Kier alpha value is -1.94. The van der Waals surface area contributed by atoms with E-state index < -0.39 is 0 Å². The summed E-state index contributed by atoms with van der Waals surface area (Å²) in [4.78, 5) is 16.7. The zero-order valence-electron chi connectivity index (χ0n) is 11.5. The van der Waals surface area contributed by atoms with E-state index >= 15 is 0 Å². The van der Waals surface area contributed by atoms with Crippen molar-refractivity contribution in [3.8, 4) is 0 Å². The molecule has 1 fully saturated rings. The van der Waals surface area contributed by atoms with Crippen LogP contribution in [0.4, 0.5) is 0 Å². The number of carbonyl (C=O) groups is 1. The molecule has 0 aliphatic carbocycles. The Bertz CT molecular complexity index is 626. The third-order valence-corrected chi connectivity index (χ3v) is 3.54. The number of piperidine rings is 1. The van der Waals surface area contributed by atoms with Crippen LogP contribution in [0.3, 0.4) is 0 Å². The van der Waals surface area contributed by atoms with Crippen molar-refractivity contribution in [3.63, 3.8) is 0 Å². The van der Waals surface area contributed by atoms with Gasteiger partial charge in [-0.2, -0.15) is 0 Å². The van der Waals surface area contributed by atoms with Crippen LogP contribution in [0.2, 0.25) is 0 Å². The van der Waals surface area contributed by atoms with Crippen molar-refractivity contribution in [2.45, 2.75) is 13.0 Å². The largest absolute Gasteiger partial charge is 0.346 e. The van der Waals surface area contributed by atoms with Gasteiger partial charge in [0.05, 0.1) is 5.52 Å². The van der Waals surface area contributed by atoms with Gasteiger partial charge < -0.3 is 10.6 Å². The lowest BCUT2D eigenvalue weighted by atomic mass is 9.97. The first kappa shape index (κ1) is 13.1. The van der Waals surface area contributed by atoms with E-state index in [0.717, 1.165) is 24.0 Å². The molecule has 2 aromatic rings. The normalized spacial score (nSPS) is 22.6. The third-order valence-electron chi connectivity index (χ3n) is 3.54. The van der Waals surface area contributed by atoms with E-state index in [-0.39, 0.29) is 11.9 Å². The molecule has 1 aliphatic rings. The average Bonchev–Trinajstić information content (AvgIpc) is 2.47. The zero-order chi connectivity index (χ0) is 13.9. The lowest BCUT2D eigenvalue weighted by Gasteiger charge is -2.27. The molecule has 2 N–H and O–H groups in total. The van der Waals surface area contributed by atoms with Crippen molar-refractivity contribution in [1.29, 1.82) is 0 Å². The average molecular weight is 268 g/mol. The molecule has 1 aromatic carbocycles. The van der Waals surface area contributed by atoms with Gasteiger partial charge in [0.2, 0.25) is 0 Å². The van der Waals surface area contributed by atoms with E-state index in [4.69, 9.17) is 0 Å². The molecule has 1 amide bonds. The summed E-state index contributed by atoms with van der Waals surface area (Å²) >= 11 is 0. The predicted molar refractivity (Wildman–Crippen MR) is 79.3 cm³/mol. The van der Waals surface area contributed by atoms with Crippen LogP contribution >= 0.6 is 0 Å². The van der Waals surface area contributed by atoms with Gasteiger partial charge in [-0.25, -0.2) is 4.98 Å². The SMILES string of the molecule is CC1[CH]C(NC(=O)c2ccc3ccccc3n2)CNC1. The van der Waals surface area contributed by atoms with Gasteiger partial charge in [-0.05, 0) is 31.0 Å². The molecule has 2 atom stereocenters. The van der Waals surface area contributed by atoms with Gasteiger partial charge in [-0.15, -0.1) is 0 Å². The molecule has 20 heavy (non-hydrogen) atoms. The Kier molecular flexibility index (Phi) is 3.65. The predicted octanol–water partition coefficient (Wildman–Crippen LogP) is 1.78. The minimum Gasteiger partial charge on any atom is -0.346 e. The number of para-hydroxylation sites is 1. The Morgan fingerprint density at radius 2 is 2.10 bits per heavy atom. The second-order valence-electron chi connectivity index (χ2n) is 5.30. The summed E-state index contributed by atoms with van der Waals surface area (Å²) in [6.45, 7) is 3.89. The van der Waals surface area contributed by atoms with Gasteiger partial charge in [0.15, 0.2) is 0 Å². The van der Waals surface area contributed by atoms with Crippen LogP contribution in [0.15, 0.2) is 36.4 Å². The number of fused-ring (bicyclic) bond motifs is 1. The topological polar surface area (TPSA) is 54.0 Å². The van der Waals surface area contributed by atoms with Crippen LogP contribution in [0.25, 0.3) is 10.9 Å². The van der Waals surface area contributed by atoms with Gasteiger partial charge in [0.1, 0.15) is 5.69 Å². The maximum atomic E-state index is 12.2. The summed E-state index contributed by atoms with van der Waals surface area (Å²) < 4.78 is 0. The summed E-state index contributed by atoms with van der Waals surface area (Å²) in [6.07, 6.45) is 2.18. The molecule has 103 valence electrons. The number of rotatable bonds is 2. The molecule has 1 aliphatic heterocycles. The smallest absolute Gasteiger partial charge is 0.270 e. The van der Waals surface area contributed by atoms with Crippen LogP contribution in [0.1, 0.15) is 17.4 Å². The summed E-state index contributed by atoms with van der Waals surface area (Å²) in [5, 5.41) is 7.36. The number of pyridine rings is 1. The van der Waals surface area contributed by atoms with Crippen molar-refractivity contribution in [3.05, 3.63) is 48.5 Å². The zero-order valence-corrected chi connectivity index (χ0v) is 11.5. The van der Waals surface area contributed by atoms with Crippen molar-refractivity contribution in [2.24, 2.45) is 5.92 Å². The van der Waals surface area contributed by atoms with Gasteiger partial charge in [0.25, 0.3) is 5.91 Å². The highest BCUT2D eigenvalue weighted by Gasteiger charge is 2.21. The molecule has 4 heteroatoms. The molecule has 2 heterocycles. The molecule has 4 nitrogen and oxygen atoms in total. The fourth-order valence-electron chi connectivity index (χ4n) is 2.53. The molecule has 3 rings (SSSR count). The molecule has 0 spiro atoms. The lowest BCUT2D eigenvalue weighted by Crippen LogP contribution is -2.48. The van der Waals surface area contributed by atoms with E-state index in [1.807, 2.05) is 30.3 Å². The Balaban J connectivity index is 1.75. The molecule has 1 saturated heterocycles. The first-order chi connectivity index (χ1) is 9.72. The van der Waals surface area contributed by atoms with E-state index in [2.05, 4.69) is 29.0 Å². The summed E-state index contributed by atoms with van der Waals surface area (Å²) in [6, 6.07) is 11.6. The first-order valence-corrected chi connectivity index (χ1v) is 6.95.